The van der Waals surface area contributed by atoms with Crippen molar-refractivity contribution in [3.8, 4) is 5.75 Å². The zero-order valence-corrected chi connectivity index (χ0v) is 12.1. The van der Waals surface area contributed by atoms with Crippen molar-refractivity contribution >= 4 is 16.3 Å². The number of hydrogen-bond acceptors (Lipinski definition) is 6. The summed E-state index contributed by atoms with van der Waals surface area (Å²) < 4.78 is 5.45. The Labute approximate surface area is 126 Å². The molecule has 0 unspecified atom stereocenters. The van der Waals surface area contributed by atoms with Gasteiger partial charge in [0.05, 0.1) is 11.5 Å². The number of aliphatic hydroxyl groups is 1. The quantitative estimate of drug-likeness (QED) is 0.577. The summed E-state index contributed by atoms with van der Waals surface area (Å²) in [5.41, 5.74) is 1.87. The van der Waals surface area contributed by atoms with Crippen molar-refractivity contribution in [3.63, 3.8) is 0 Å². The van der Waals surface area contributed by atoms with Crippen molar-refractivity contribution in [1.29, 1.82) is 0 Å². The third-order valence-electron chi connectivity index (χ3n) is 2.79. The summed E-state index contributed by atoms with van der Waals surface area (Å²) in [5.74, 6) is 0.732. The van der Waals surface area contributed by atoms with E-state index in [2.05, 4.69) is 5.32 Å². The fraction of sp³-hybridized carbons (Fsp3) is 0.286. The minimum Gasteiger partial charge on any atom is -0.491 e. The second-order valence-corrected chi connectivity index (χ2v) is 5.22. The molecule has 0 bridgehead atoms. The molecule has 2 rings (SSSR count). The lowest BCUT2D eigenvalue weighted by atomic mass is 10.2. The Morgan fingerprint density at radius 3 is 2.86 bits per heavy atom. The number of ether oxygens (including phenoxy) is 1. The maximum absolute atomic E-state index is 10.6. The molecule has 6 nitrogen and oxygen atoms in total. The van der Waals surface area contributed by atoms with Crippen molar-refractivity contribution in [1.82, 2.24) is 5.32 Å². The van der Waals surface area contributed by atoms with Crippen LogP contribution in [0.15, 0.2) is 35.7 Å². The van der Waals surface area contributed by atoms with Gasteiger partial charge in [0, 0.05) is 30.1 Å². The van der Waals surface area contributed by atoms with Crippen LogP contribution in [-0.2, 0) is 13.1 Å². The van der Waals surface area contributed by atoms with Gasteiger partial charge in [0.15, 0.2) is 0 Å². The highest BCUT2D eigenvalue weighted by Crippen LogP contribution is 2.23. The van der Waals surface area contributed by atoms with Crippen molar-refractivity contribution in [3.05, 3.63) is 57.0 Å². The van der Waals surface area contributed by atoms with E-state index in [4.69, 9.17) is 9.84 Å². The predicted molar refractivity (Wildman–Crippen MR) is 80.5 cm³/mol. The normalized spacial score (nSPS) is 10.5. The fourth-order valence-electron chi connectivity index (χ4n) is 1.84. The van der Waals surface area contributed by atoms with Crippen molar-refractivity contribution in [2.45, 2.75) is 13.1 Å². The summed E-state index contributed by atoms with van der Waals surface area (Å²) >= 11 is 1.13. The first-order valence-electron chi connectivity index (χ1n) is 6.45. The molecule has 2 aromatic rings. The zero-order valence-electron chi connectivity index (χ0n) is 11.3. The van der Waals surface area contributed by atoms with Crippen LogP contribution in [0.4, 0.5) is 5.00 Å². The Balaban J connectivity index is 1.89. The topological polar surface area (TPSA) is 84.6 Å². The molecular weight excluding hydrogens is 292 g/mol. The SMILES string of the molecule is O=[N+]([O-])c1cc(CNCc2ccccc2OCCO)cs1. The average molecular weight is 308 g/mol. The fourth-order valence-corrected chi connectivity index (χ4v) is 2.57. The molecule has 0 saturated heterocycles. The van der Waals surface area contributed by atoms with Gasteiger partial charge in [0.1, 0.15) is 12.4 Å². The number of benzene rings is 1. The zero-order chi connectivity index (χ0) is 15.1. The summed E-state index contributed by atoms with van der Waals surface area (Å²) in [6, 6.07) is 9.15. The van der Waals surface area contributed by atoms with Crippen LogP contribution in [0, 0.1) is 10.1 Å². The Morgan fingerprint density at radius 1 is 1.33 bits per heavy atom. The Morgan fingerprint density at radius 2 is 2.14 bits per heavy atom. The number of nitrogens with zero attached hydrogens (tertiary/aromatic N) is 1. The van der Waals surface area contributed by atoms with Crippen LogP contribution in [0.25, 0.3) is 0 Å². The van der Waals surface area contributed by atoms with Crippen LogP contribution in [0.1, 0.15) is 11.1 Å². The van der Waals surface area contributed by atoms with Gasteiger partial charge in [-0.05, 0) is 11.6 Å². The van der Waals surface area contributed by atoms with Gasteiger partial charge in [-0.2, -0.15) is 0 Å². The van der Waals surface area contributed by atoms with Gasteiger partial charge >= 0.3 is 5.00 Å². The molecule has 1 aromatic heterocycles. The summed E-state index contributed by atoms with van der Waals surface area (Å²) in [6.45, 7) is 1.37. The average Bonchev–Trinajstić information content (AvgIpc) is 2.95. The molecule has 0 aliphatic carbocycles. The highest BCUT2D eigenvalue weighted by molar-refractivity contribution is 7.13. The Bertz CT molecular complexity index is 600. The molecule has 0 radical (unpaired) electrons. The van der Waals surface area contributed by atoms with Crippen LogP contribution >= 0.6 is 11.3 Å². The first-order valence-corrected chi connectivity index (χ1v) is 7.32. The monoisotopic (exact) mass is 308 g/mol. The van der Waals surface area contributed by atoms with E-state index in [1.807, 2.05) is 24.3 Å². The molecule has 112 valence electrons. The van der Waals surface area contributed by atoms with E-state index in [0.717, 1.165) is 28.2 Å². The molecule has 2 N–H and O–H groups in total. The van der Waals surface area contributed by atoms with Crippen LogP contribution in [0.3, 0.4) is 0 Å². The molecule has 0 aliphatic rings. The van der Waals surface area contributed by atoms with Crippen LogP contribution in [-0.4, -0.2) is 23.2 Å². The number of rotatable bonds is 8. The standard InChI is InChI=1S/C14H16N2O4S/c17-5-6-20-13-4-2-1-3-12(13)9-15-8-11-7-14(16(18)19)21-10-11/h1-4,7,10,15,17H,5-6,8-9H2. The lowest BCUT2D eigenvalue weighted by Gasteiger charge is -2.11. The predicted octanol–water partition coefficient (Wildman–Crippen LogP) is 2.32. The van der Waals surface area contributed by atoms with E-state index in [1.54, 1.807) is 11.4 Å². The number of aliphatic hydroxyl groups excluding tert-OH is 1. The Kier molecular flexibility index (Phi) is 5.68. The summed E-state index contributed by atoms with van der Waals surface area (Å²) in [7, 11) is 0. The largest absolute Gasteiger partial charge is 0.491 e. The van der Waals surface area contributed by atoms with Gasteiger partial charge in [-0.25, -0.2) is 0 Å². The maximum Gasteiger partial charge on any atom is 0.324 e. The van der Waals surface area contributed by atoms with Crippen LogP contribution < -0.4 is 10.1 Å². The summed E-state index contributed by atoms with van der Waals surface area (Å²) in [4.78, 5) is 10.2. The number of para-hydroxylation sites is 1. The lowest BCUT2D eigenvalue weighted by molar-refractivity contribution is -0.380. The summed E-state index contributed by atoms with van der Waals surface area (Å²) in [5, 5.41) is 24.6. The van der Waals surface area contributed by atoms with Crippen molar-refractivity contribution in [2.24, 2.45) is 0 Å². The third-order valence-corrected chi connectivity index (χ3v) is 3.71. The van der Waals surface area contributed by atoms with E-state index in [9.17, 15) is 10.1 Å². The third kappa shape index (κ3) is 4.52. The van der Waals surface area contributed by atoms with Gasteiger partial charge < -0.3 is 15.2 Å². The van der Waals surface area contributed by atoms with Crippen LogP contribution in [0.2, 0.25) is 0 Å². The maximum atomic E-state index is 10.6. The number of hydrogen-bond donors (Lipinski definition) is 2. The second-order valence-electron chi connectivity index (χ2n) is 4.33. The molecule has 0 saturated carbocycles. The minimum absolute atomic E-state index is 0.0274. The van der Waals surface area contributed by atoms with E-state index >= 15 is 0 Å². The Hall–Kier alpha value is -1.96. The highest BCUT2D eigenvalue weighted by Gasteiger charge is 2.09. The first-order chi connectivity index (χ1) is 10.2. The number of nitro groups is 1. The van der Waals surface area contributed by atoms with Crippen LogP contribution in [0.5, 0.6) is 5.75 Å². The molecule has 0 spiro atoms. The van der Waals surface area contributed by atoms with Gasteiger partial charge in [-0.3, -0.25) is 10.1 Å². The van der Waals surface area contributed by atoms with E-state index in [1.165, 1.54) is 0 Å². The molecule has 1 heterocycles. The molecule has 0 amide bonds. The molecule has 0 aliphatic heterocycles. The van der Waals surface area contributed by atoms with E-state index in [-0.39, 0.29) is 23.1 Å². The molecule has 7 heteroatoms. The number of nitrogens with one attached hydrogen (secondary N) is 1. The molecule has 1 aromatic carbocycles. The molecule has 0 atom stereocenters. The molecular formula is C14H16N2O4S. The first kappa shape index (κ1) is 15.4. The lowest BCUT2D eigenvalue weighted by Crippen LogP contribution is -2.13. The van der Waals surface area contributed by atoms with Gasteiger partial charge in [-0.15, -0.1) is 0 Å². The summed E-state index contributed by atoms with van der Waals surface area (Å²) in [6.07, 6.45) is 0. The molecule has 0 fully saturated rings. The highest BCUT2D eigenvalue weighted by atomic mass is 32.1. The van der Waals surface area contributed by atoms with E-state index in [0.29, 0.717) is 13.1 Å². The number of thiophene rings is 1. The van der Waals surface area contributed by atoms with Gasteiger partial charge in [-0.1, -0.05) is 29.5 Å². The minimum atomic E-state index is -0.383. The second kappa shape index (κ2) is 7.72. The van der Waals surface area contributed by atoms with Crippen molar-refractivity contribution < 1.29 is 14.8 Å². The van der Waals surface area contributed by atoms with Gasteiger partial charge in [0.2, 0.25) is 0 Å². The van der Waals surface area contributed by atoms with E-state index < -0.39 is 0 Å². The van der Waals surface area contributed by atoms with Crippen molar-refractivity contribution in [2.75, 3.05) is 13.2 Å². The smallest absolute Gasteiger partial charge is 0.324 e. The molecule has 21 heavy (non-hydrogen) atoms. The van der Waals surface area contributed by atoms with Gasteiger partial charge in [0.25, 0.3) is 0 Å².